The molecule has 0 bridgehead atoms. The van der Waals surface area contributed by atoms with Gasteiger partial charge in [0.25, 0.3) is 0 Å². The van der Waals surface area contributed by atoms with Crippen molar-refractivity contribution in [1.29, 1.82) is 0 Å². The van der Waals surface area contributed by atoms with Crippen molar-refractivity contribution in [3.8, 4) is 0 Å². The van der Waals surface area contributed by atoms with Gasteiger partial charge in [0.2, 0.25) is 0 Å². The molecule has 0 aromatic rings. The SMILES string of the molecule is CCC(N)(CC)CNC1CC(C)C1. The molecule has 2 nitrogen and oxygen atoms in total. The molecule has 13 heavy (non-hydrogen) atoms. The van der Waals surface area contributed by atoms with E-state index >= 15 is 0 Å². The first kappa shape index (κ1) is 11.0. The lowest BCUT2D eigenvalue weighted by Gasteiger charge is -2.37. The van der Waals surface area contributed by atoms with E-state index in [1.54, 1.807) is 0 Å². The minimum atomic E-state index is 0.0266. The molecule has 2 heteroatoms. The van der Waals surface area contributed by atoms with E-state index in [0.29, 0.717) is 0 Å². The van der Waals surface area contributed by atoms with Gasteiger partial charge in [-0.2, -0.15) is 0 Å². The van der Waals surface area contributed by atoms with Crippen LogP contribution in [0, 0.1) is 5.92 Å². The van der Waals surface area contributed by atoms with E-state index in [0.717, 1.165) is 31.3 Å². The van der Waals surface area contributed by atoms with Gasteiger partial charge in [-0.05, 0) is 31.6 Å². The molecule has 0 atom stereocenters. The summed E-state index contributed by atoms with van der Waals surface area (Å²) in [4.78, 5) is 0. The van der Waals surface area contributed by atoms with E-state index in [4.69, 9.17) is 5.73 Å². The smallest absolute Gasteiger partial charge is 0.0275 e. The zero-order valence-corrected chi connectivity index (χ0v) is 9.27. The molecule has 0 radical (unpaired) electrons. The summed E-state index contributed by atoms with van der Waals surface area (Å²) < 4.78 is 0. The zero-order valence-electron chi connectivity index (χ0n) is 9.27. The maximum atomic E-state index is 6.20. The van der Waals surface area contributed by atoms with Gasteiger partial charge >= 0.3 is 0 Å². The number of nitrogens with one attached hydrogen (secondary N) is 1. The predicted octanol–water partition coefficient (Wildman–Crippen LogP) is 1.89. The molecular weight excluding hydrogens is 160 g/mol. The first-order valence-corrected chi connectivity index (χ1v) is 5.62. The molecule has 0 unspecified atom stereocenters. The molecule has 0 aliphatic heterocycles. The van der Waals surface area contributed by atoms with Gasteiger partial charge in [0.15, 0.2) is 0 Å². The Labute approximate surface area is 82.3 Å². The van der Waals surface area contributed by atoms with Gasteiger partial charge < -0.3 is 11.1 Å². The molecule has 0 spiro atoms. The summed E-state index contributed by atoms with van der Waals surface area (Å²) in [6.07, 6.45) is 4.81. The van der Waals surface area contributed by atoms with Crippen molar-refractivity contribution in [3.05, 3.63) is 0 Å². The second-order valence-corrected chi connectivity index (χ2v) is 4.72. The Bertz CT molecular complexity index is 146. The third-order valence-corrected chi connectivity index (χ3v) is 3.52. The highest BCUT2D eigenvalue weighted by atomic mass is 15.0. The van der Waals surface area contributed by atoms with Crippen LogP contribution in [0.3, 0.4) is 0 Å². The van der Waals surface area contributed by atoms with Gasteiger partial charge in [-0.1, -0.05) is 20.8 Å². The van der Waals surface area contributed by atoms with Crippen LogP contribution in [-0.4, -0.2) is 18.1 Å². The zero-order chi connectivity index (χ0) is 9.90. The second kappa shape index (κ2) is 4.43. The molecule has 0 amide bonds. The Morgan fingerprint density at radius 3 is 2.23 bits per heavy atom. The fourth-order valence-electron chi connectivity index (χ4n) is 1.92. The van der Waals surface area contributed by atoms with Crippen molar-refractivity contribution < 1.29 is 0 Å². The lowest BCUT2D eigenvalue weighted by Crippen LogP contribution is -2.52. The fourth-order valence-corrected chi connectivity index (χ4v) is 1.92. The summed E-state index contributed by atoms with van der Waals surface area (Å²) in [6, 6.07) is 0.746. The highest BCUT2D eigenvalue weighted by Gasteiger charge is 2.27. The monoisotopic (exact) mass is 184 g/mol. The molecule has 1 aliphatic carbocycles. The van der Waals surface area contributed by atoms with Gasteiger partial charge in [-0.3, -0.25) is 0 Å². The number of hydrogen-bond acceptors (Lipinski definition) is 2. The quantitative estimate of drug-likeness (QED) is 0.685. The minimum Gasteiger partial charge on any atom is -0.324 e. The third kappa shape index (κ3) is 2.96. The van der Waals surface area contributed by atoms with Crippen LogP contribution < -0.4 is 11.1 Å². The van der Waals surface area contributed by atoms with E-state index in [9.17, 15) is 0 Å². The van der Waals surface area contributed by atoms with E-state index in [-0.39, 0.29) is 5.54 Å². The van der Waals surface area contributed by atoms with E-state index in [1.807, 2.05) is 0 Å². The minimum absolute atomic E-state index is 0.0266. The maximum Gasteiger partial charge on any atom is 0.0275 e. The lowest BCUT2D eigenvalue weighted by atomic mass is 9.81. The number of rotatable bonds is 5. The van der Waals surface area contributed by atoms with Crippen LogP contribution in [0.4, 0.5) is 0 Å². The molecule has 1 rings (SSSR count). The van der Waals surface area contributed by atoms with Crippen LogP contribution >= 0.6 is 0 Å². The fraction of sp³-hybridized carbons (Fsp3) is 1.00. The molecular formula is C11H24N2. The second-order valence-electron chi connectivity index (χ2n) is 4.72. The summed E-state index contributed by atoms with van der Waals surface area (Å²) in [6.45, 7) is 7.65. The largest absolute Gasteiger partial charge is 0.324 e. The Morgan fingerprint density at radius 1 is 1.31 bits per heavy atom. The Balaban J connectivity index is 2.17. The summed E-state index contributed by atoms with van der Waals surface area (Å²) in [5.74, 6) is 0.924. The van der Waals surface area contributed by atoms with E-state index < -0.39 is 0 Å². The molecule has 0 heterocycles. The van der Waals surface area contributed by atoms with Crippen molar-refractivity contribution in [3.63, 3.8) is 0 Å². The van der Waals surface area contributed by atoms with Crippen molar-refractivity contribution in [1.82, 2.24) is 5.32 Å². The Morgan fingerprint density at radius 2 is 1.85 bits per heavy atom. The molecule has 78 valence electrons. The molecule has 3 N–H and O–H groups in total. The van der Waals surface area contributed by atoms with Crippen LogP contribution in [0.2, 0.25) is 0 Å². The molecule has 0 saturated heterocycles. The van der Waals surface area contributed by atoms with Gasteiger partial charge in [-0.15, -0.1) is 0 Å². The number of hydrogen-bond donors (Lipinski definition) is 2. The average Bonchev–Trinajstić information content (AvgIpc) is 2.10. The topological polar surface area (TPSA) is 38.0 Å². The first-order chi connectivity index (χ1) is 6.09. The van der Waals surface area contributed by atoms with Crippen LogP contribution in [0.25, 0.3) is 0 Å². The summed E-state index contributed by atoms with van der Waals surface area (Å²) in [5, 5.41) is 3.57. The van der Waals surface area contributed by atoms with Gasteiger partial charge in [-0.25, -0.2) is 0 Å². The van der Waals surface area contributed by atoms with Gasteiger partial charge in [0.05, 0.1) is 0 Å². The standard InChI is InChI=1S/C11H24N2/c1-4-11(12,5-2)8-13-10-6-9(3)7-10/h9-10,13H,4-8,12H2,1-3H3. The normalized spacial score (nSPS) is 28.6. The molecule has 1 saturated carbocycles. The summed E-state index contributed by atoms with van der Waals surface area (Å²) in [7, 11) is 0. The van der Waals surface area contributed by atoms with Crippen molar-refractivity contribution in [2.24, 2.45) is 11.7 Å². The highest BCUT2D eigenvalue weighted by Crippen LogP contribution is 2.26. The molecule has 0 aromatic heterocycles. The molecule has 1 aliphatic rings. The molecule has 0 aromatic carbocycles. The van der Waals surface area contributed by atoms with Crippen LogP contribution in [-0.2, 0) is 0 Å². The summed E-state index contributed by atoms with van der Waals surface area (Å²) in [5.41, 5.74) is 6.22. The van der Waals surface area contributed by atoms with Crippen molar-refractivity contribution in [2.45, 2.75) is 58.0 Å². The Hall–Kier alpha value is -0.0800. The Kier molecular flexibility index (Phi) is 3.74. The predicted molar refractivity (Wildman–Crippen MR) is 57.7 cm³/mol. The van der Waals surface area contributed by atoms with E-state index in [1.165, 1.54) is 12.8 Å². The van der Waals surface area contributed by atoms with E-state index in [2.05, 4.69) is 26.1 Å². The first-order valence-electron chi connectivity index (χ1n) is 5.62. The maximum absolute atomic E-state index is 6.20. The summed E-state index contributed by atoms with van der Waals surface area (Å²) >= 11 is 0. The van der Waals surface area contributed by atoms with Crippen molar-refractivity contribution >= 4 is 0 Å². The van der Waals surface area contributed by atoms with Crippen LogP contribution in [0.15, 0.2) is 0 Å². The van der Waals surface area contributed by atoms with Gasteiger partial charge in [0.1, 0.15) is 0 Å². The number of nitrogens with two attached hydrogens (primary N) is 1. The van der Waals surface area contributed by atoms with Gasteiger partial charge in [0, 0.05) is 18.1 Å². The third-order valence-electron chi connectivity index (χ3n) is 3.52. The average molecular weight is 184 g/mol. The molecule has 1 fully saturated rings. The lowest BCUT2D eigenvalue weighted by molar-refractivity contribution is 0.220. The van der Waals surface area contributed by atoms with Crippen LogP contribution in [0.5, 0.6) is 0 Å². The van der Waals surface area contributed by atoms with Crippen molar-refractivity contribution in [2.75, 3.05) is 6.54 Å². The highest BCUT2D eigenvalue weighted by molar-refractivity contribution is 4.89. The van der Waals surface area contributed by atoms with Crippen LogP contribution in [0.1, 0.15) is 46.5 Å².